The molecule has 0 radical (unpaired) electrons. The van der Waals surface area contributed by atoms with Gasteiger partial charge in [0.05, 0.1) is 6.61 Å². The lowest BCUT2D eigenvalue weighted by atomic mass is 9.79. The SMILES string of the molecule is CN=C(NCC1(c2ccc(Br)cc2)CCCC1)N(C)CC1CCOC1.I. The third kappa shape index (κ3) is 5.35. The predicted octanol–water partition coefficient (Wildman–Crippen LogP) is 4.42. The van der Waals surface area contributed by atoms with Crippen LogP contribution in [0.4, 0.5) is 0 Å². The van der Waals surface area contributed by atoms with Crippen LogP contribution in [0.15, 0.2) is 33.7 Å². The smallest absolute Gasteiger partial charge is 0.193 e. The second-order valence-electron chi connectivity index (χ2n) is 7.51. The fourth-order valence-electron chi connectivity index (χ4n) is 4.26. The van der Waals surface area contributed by atoms with Crippen LogP contribution in [0.1, 0.15) is 37.7 Å². The van der Waals surface area contributed by atoms with E-state index >= 15 is 0 Å². The number of hydrogen-bond donors (Lipinski definition) is 1. The molecule has 1 heterocycles. The molecule has 2 aliphatic rings. The monoisotopic (exact) mass is 535 g/mol. The standard InChI is InChI=1S/C20H30BrN3O.HI/c1-22-19(24(2)13-16-9-12-25-14-16)23-15-20(10-3-4-11-20)17-5-7-18(21)8-6-17;/h5-8,16H,3-4,9-15H2,1-2H3,(H,22,23);1H. The van der Waals surface area contributed by atoms with Crippen LogP contribution >= 0.6 is 39.9 Å². The lowest BCUT2D eigenvalue weighted by Crippen LogP contribution is -2.46. The van der Waals surface area contributed by atoms with Crippen molar-refractivity contribution in [2.45, 2.75) is 37.5 Å². The fourth-order valence-corrected chi connectivity index (χ4v) is 4.52. The van der Waals surface area contributed by atoms with Gasteiger partial charge in [-0.05, 0) is 37.0 Å². The highest BCUT2D eigenvalue weighted by atomic mass is 127. The molecule has 1 N–H and O–H groups in total. The number of rotatable bonds is 5. The molecule has 0 bridgehead atoms. The van der Waals surface area contributed by atoms with Crippen LogP contribution in [0.3, 0.4) is 0 Å². The number of nitrogens with zero attached hydrogens (tertiary/aromatic N) is 2. The van der Waals surface area contributed by atoms with Gasteiger partial charge < -0.3 is 15.0 Å². The summed E-state index contributed by atoms with van der Waals surface area (Å²) >= 11 is 3.55. The van der Waals surface area contributed by atoms with Crippen molar-refractivity contribution in [3.63, 3.8) is 0 Å². The minimum Gasteiger partial charge on any atom is -0.381 e. The van der Waals surface area contributed by atoms with Gasteiger partial charge >= 0.3 is 0 Å². The van der Waals surface area contributed by atoms with E-state index in [0.29, 0.717) is 5.92 Å². The third-order valence-electron chi connectivity index (χ3n) is 5.73. The van der Waals surface area contributed by atoms with E-state index in [-0.39, 0.29) is 29.4 Å². The average molecular weight is 536 g/mol. The molecule has 1 aromatic rings. The highest BCUT2D eigenvalue weighted by Gasteiger charge is 2.36. The van der Waals surface area contributed by atoms with Gasteiger partial charge in [0, 0.05) is 49.6 Å². The molecule has 6 heteroatoms. The van der Waals surface area contributed by atoms with Crippen molar-refractivity contribution in [1.29, 1.82) is 0 Å². The Balaban J connectivity index is 0.00000243. The van der Waals surface area contributed by atoms with Gasteiger partial charge in [-0.2, -0.15) is 0 Å². The van der Waals surface area contributed by atoms with Gasteiger partial charge in [0.1, 0.15) is 0 Å². The number of ether oxygens (including phenoxy) is 1. The van der Waals surface area contributed by atoms with E-state index in [1.807, 2.05) is 7.05 Å². The van der Waals surface area contributed by atoms with E-state index in [1.54, 1.807) is 0 Å². The molecule has 0 spiro atoms. The summed E-state index contributed by atoms with van der Waals surface area (Å²) in [5.41, 5.74) is 1.68. The summed E-state index contributed by atoms with van der Waals surface area (Å²) in [6.07, 6.45) is 6.28. The number of guanidine groups is 1. The van der Waals surface area contributed by atoms with Gasteiger partial charge in [0.2, 0.25) is 0 Å². The van der Waals surface area contributed by atoms with E-state index in [2.05, 4.69) is 62.5 Å². The highest BCUT2D eigenvalue weighted by molar-refractivity contribution is 14.0. The lowest BCUT2D eigenvalue weighted by Gasteiger charge is -2.33. The third-order valence-corrected chi connectivity index (χ3v) is 6.26. The average Bonchev–Trinajstić information content (AvgIpc) is 3.28. The molecule has 146 valence electrons. The van der Waals surface area contributed by atoms with E-state index in [4.69, 9.17) is 4.74 Å². The van der Waals surface area contributed by atoms with Gasteiger partial charge in [0.15, 0.2) is 5.96 Å². The molecular weight excluding hydrogens is 505 g/mol. The van der Waals surface area contributed by atoms with Crippen molar-refractivity contribution in [1.82, 2.24) is 10.2 Å². The Bertz CT molecular complexity index is 581. The Labute approximate surface area is 183 Å². The van der Waals surface area contributed by atoms with Crippen molar-refractivity contribution in [3.05, 3.63) is 34.3 Å². The Morgan fingerprint density at radius 1 is 1.31 bits per heavy atom. The minimum absolute atomic E-state index is 0. The molecule has 1 aromatic carbocycles. The normalized spacial score (nSPS) is 22.1. The maximum absolute atomic E-state index is 5.51. The van der Waals surface area contributed by atoms with Crippen molar-refractivity contribution in [2.24, 2.45) is 10.9 Å². The van der Waals surface area contributed by atoms with Gasteiger partial charge in [-0.15, -0.1) is 24.0 Å². The zero-order valence-electron chi connectivity index (χ0n) is 15.8. The van der Waals surface area contributed by atoms with Crippen molar-refractivity contribution < 1.29 is 4.74 Å². The number of nitrogens with one attached hydrogen (secondary N) is 1. The lowest BCUT2D eigenvalue weighted by molar-refractivity contribution is 0.181. The van der Waals surface area contributed by atoms with Gasteiger partial charge in [0.25, 0.3) is 0 Å². The summed E-state index contributed by atoms with van der Waals surface area (Å²) in [5, 5.41) is 3.66. The Hall–Kier alpha value is -0.340. The second kappa shape index (κ2) is 10.3. The van der Waals surface area contributed by atoms with Crippen molar-refractivity contribution in [2.75, 3.05) is 40.4 Å². The van der Waals surface area contributed by atoms with Gasteiger partial charge in [-0.25, -0.2) is 0 Å². The minimum atomic E-state index is 0. The van der Waals surface area contributed by atoms with Crippen LogP contribution in [0, 0.1) is 5.92 Å². The molecule has 1 atom stereocenters. The summed E-state index contributed by atoms with van der Waals surface area (Å²) in [7, 11) is 4.01. The summed E-state index contributed by atoms with van der Waals surface area (Å²) in [5.74, 6) is 1.62. The van der Waals surface area contributed by atoms with Crippen molar-refractivity contribution in [3.8, 4) is 0 Å². The zero-order valence-corrected chi connectivity index (χ0v) is 19.8. The van der Waals surface area contributed by atoms with Crippen LogP contribution in [-0.2, 0) is 10.2 Å². The molecule has 1 saturated carbocycles. The van der Waals surface area contributed by atoms with E-state index in [0.717, 1.165) is 43.2 Å². The van der Waals surface area contributed by atoms with E-state index < -0.39 is 0 Å². The highest BCUT2D eigenvalue weighted by Crippen LogP contribution is 2.41. The fraction of sp³-hybridized carbons (Fsp3) is 0.650. The van der Waals surface area contributed by atoms with Crippen LogP contribution in [-0.4, -0.2) is 51.3 Å². The quantitative estimate of drug-likeness (QED) is 0.344. The number of aliphatic imine (C=N–C) groups is 1. The maximum Gasteiger partial charge on any atom is 0.193 e. The topological polar surface area (TPSA) is 36.9 Å². The van der Waals surface area contributed by atoms with E-state index in [9.17, 15) is 0 Å². The first kappa shape index (κ1) is 22.0. The van der Waals surface area contributed by atoms with Crippen LogP contribution < -0.4 is 5.32 Å². The molecular formula is C20H31BrIN3O. The first-order valence-electron chi connectivity index (χ1n) is 9.38. The predicted molar refractivity (Wildman–Crippen MR) is 123 cm³/mol. The molecule has 2 fully saturated rings. The zero-order chi connectivity index (χ0) is 17.7. The molecule has 1 unspecified atom stereocenters. The molecule has 1 aliphatic carbocycles. The summed E-state index contributed by atoms with van der Waals surface area (Å²) in [4.78, 5) is 6.77. The van der Waals surface area contributed by atoms with Crippen molar-refractivity contribution >= 4 is 45.9 Å². The Kier molecular flexibility index (Phi) is 8.67. The number of halogens is 2. The van der Waals surface area contributed by atoms with E-state index in [1.165, 1.54) is 31.2 Å². The maximum atomic E-state index is 5.51. The van der Waals surface area contributed by atoms with Gasteiger partial charge in [-0.1, -0.05) is 40.9 Å². The molecule has 4 nitrogen and oxygen atoms in total. The first-order valence-corrected chi connectivity index (χ1v) is 10.2. The molecule has 0 aromatic heterocycles. The largest absolute Gasteiger partial charge is 0.381 e. The summed E-state index contributed by atoms with van der Waals surface area (Å²) in [6, 6.07) is 8.88. The van der Waals surface area contributed by atoms with Crippen LogP contribution in [0.5, 0.6) is 0 Å². The molecule has 0 amide bonds. The molecule has 1 aliphatic heterocycles. The van der Waals surface area contributed by atoms with Crippen LogP contribution in [0.25, 0.3) is 0 Å². The molecule has 1 saturated heterocycles. The Morgan fingerprint density at radius 3 is 2.58 bits per heavy atom. The number of hydrogen-bond acceptors (Lipinski definition) is 2. The molecule has 3 rings (SSSR count). The first-order chi connectivity index (χ1) is 12.1. The number of benzene rings is 1. The summed E-state index contributed by atoms with van der Waals surface area (Å²) < 4.78 is 6.65. The second-order valence-corrected chi connectivity index (χ2v) is 8.42. The molecule has 26 heavy (non-hydrogen) atoms. The van der Waals surface area contributed by atoms with Crippen LogP contribution in [0.2, 0.25) is 0 Å². The van der Waals surface area contributed by atoms with Gasteiger partial charge in [-0.3, -0.25) is 4.99 Å². The summed E-state index contributed by atoms with van der Waals surface area (Å²) in [6.45, 7) is 3.74. The Morgan fingerprint density at radius 2 is 2.00 bits per heavy atom.